The van der Waals surface area contributed by atoms with E-state index in [1.165, 1.54) is 12.5 Å². The van der Waals surface area contributed by atoms with Crippen LogP contribution in [0.4, 0.5) is 17.6 Å². The number of benzene rings is 1. The molecule has 0 aromatic heterocycles. The summed E-state index contributed by atoms with van der Waals surface area (Å²) in [7, 11) is 0. The van der Waals surface area contributed by atoms with E-state index in [0.717, 1.165) is 25.0 Å². The maximum Gasteiger partial charge on any atom is 0.419 e. The predicted molar refractivity (Wildman–Crippen MR) is 65.8 cm³/mol. The lowest BCUT2D eigenvalue weighted by Crippen LogP contribution is -2.31. The minimum Gasteiger partial charge on any atom is -0.271 e. The Morgan fingerprint density at radius 3 is 2.35 bits per heavy atom. The standard InChI is InChI=1S/C14H16F4N2/c15-11-6-7(4-5-10(11)14(16,17)18)13(20-19)12-8-2-1-3-9(8)12/h4-6,8-9,12-13,20H,1-3,19H2. The van der Waals surface area contributed by atoms with Gasteiger partial charge < -0.3 is 0 Å². The van der Waals surface area contributed by atoms with Crippen LogP contribution in [0, 0.1) is 23.6 Å². The quantitative estimate of drug-likeness (QED) is 0.508. The van der Waals surface area contributed by atoms with Crippen LogP contribution >= 0.6 is 0 Å². The van der Waals surface area contributed by atoms with Crippen molar-refractivity contribution in [3.05, 3.63) is 35.1 Å². The van der Waals surface area contributed by atoms with Crippen molar-refractivity contribution in [2.75, 3.05) is 0 Å². The van der Waals surface area contributed by atoms with Crippen molar-refractivity contribution in [1.82, 2.24) is 5.43 Å². The topological polar surface area (TPSA) is 38.0 Å². The van der Waals surface area contributed by atoms with Crippen LogP contribution in [0.2, 0.25) is 0 Å². The summed E-state index contributed by atoms with van der Waals surface area (Å²) in [6.07, 6.45) is -1.19. The van der Waals surface area contributed by atoms with Crippen LogP contribution in [0.1, 0.15) is 36.4 Å². The minimum atomic E-state index is -4.66. The van der Waals surface area contributed by atoms with Gasteiger partial charge >= 0.3 is 6.18 Å². The van der Waals surface area contributed by atoms with Crippen LogP contribution < -0.4 is 11.3 Å². The number of halogens is 4. The lowest BCUT2D eigenvalue weighted by molar-refractivity contribution is -0.140. The van der Waals surface area contributed by atoms with Crippen LogP contribution in [0.5, 0.6) is 0 Å². The van der Waals surface area contributed by atoms with Crippen molar-refractivity contribution in [1.29, 1.82) is 0 Å². The molecule has 2 aliphatic rings. The molecule has 0 aliphatic heterocycles. The zero-order valence-corrected chi connectivity index (χ0v) is 10.8. The van der Waals surface area contributed by atoms with Gasteiger partial charge in [0.25, 0.3) is 0 Å². The second-order valence-corrected chi connectivity index (χ2v) is 5.72. The van der Waals surface area contributed by atoms with Crippen molar-refractivity contribution in [2.24, 2.45) is 23.6 Å². The molecule has 3 unspecified atom stereocenters. The molecule has 110 valence electrons. The summed E-state index contributed by atoms with van der Waals surface area (Å²) < 4.78 is 51.3. The molecular weight excluding hydrogens is 272 g/mol. The van der Waals surface area contributed by atoms with E-state index in [1.807, 2.05) is 0 Å². The lowest BCUT2D eigenvalue weighted by atomic mass is 9.96. The van der Waals surface area contributed by atoms with Gasteiger partial charge in [0.1, 0.15) is 5.82 Å². The normalized spacial score (nSPS) is 30.1. The highest BCUT2D eigenvalue weighted by atomic mass is 19.4. The largest absolute Gasteiger partial charge is 0.419 e. The van der Waals surface area contributed by atoms with Crippen molar-refractivity contribution >= 4 is 0 Å². The number of fused-ring (bicyclic) bond motifs is 1. The Morgan fingerprint density at radius 2 is 1.85 bits per heavy atom. The Hall–Kier alpha value is -1.14. The highest BCUT2D eigenvalue weighted by molar-refractivity contribution is 5.30. The Bertz CT molecular complexity index is 504. The minimum absolute atomic E-state index is 0.262. The highest BCUT2D eigenvalue weighted by Gasteiger charge is 2.56. The predicted octanol–water partition coefficient (Wildman–Crippen LogP) is 3.40. The zero-order chi connectivity index (χ0) is 14.5. The number of hydrogen-bond acceptors (Lipinski definition) is 2. The molecule has 0 heterocycles. The Balaban J connectivity index is 1.84. The summed E-state index contributed by atoms with van der Waals surface area (Å²) in [6, 6.07) is 2.82. The van der Waals surface area contributed by atoms with Gasteiger partial charge in [-0.25, -0.2) is 4.39 Å². The number of hydrogen-bond donors (Lipinski definition) is 2. The van der Waals surface area contributed by atoms with Crippen LogP contribution in [0.15, 0.2) is 18.2 Å². The van der Waals surface area contributed by atoms with E-state index >= 15 is 0 Å². The van der Waals surface area contributed by atoms with E-state index in [1.54, 1.807) is 0 Å². The molecule has 1 aromatic rings. The van der Waals surface area contributed by atoms with Gasteiger partial charge in [0.2, 0.25) is 0 Å². The third-order valence-electron chi connectivity index (χ3n) is 4.69. The first-order chi connectivity index (χ1) is 9.43. The molecule has 6 heteroatoms. The fraction of sp³-hybridized carbons (Fsp3) is 0.571. The van der Waals surface area contributed by atoms with Crippen molar-refractivity contribution in [3.63, 3.8) is 0 Å². The molecule has 2 saturated carbocycles. The third kappa shape index (κ3) is 2.20. The summed E-state index contributed by atoms with van der Waals surface area (Å²) in [5.41, 5.74) is 1.92. The monoisotopic (exact) mass is 288 g/mol. The Kier molecular flexibility index (Phi) is 3.25. The van der Waals surface area contributed by atoms with Gasteiger partial charge in [-0.3, -0.25) is 11.3 Å². The molecular formula is C14H16F4N2. The van der Waals surface area contributed by atoms with Crippen LogP contribution in [-0.4, -0.2) is 0 Å². The molecule has 0 spiro atoms. The molecule has 3 atom stereocenters. The number of nitrogens with two attached hydrogens (primary N) is 1. The van der Waals surface area contributed by atoms with Gasteiger partial charge in [0.05, 0.1) is 5.56 Å². The summed E-state index contributed by atoms with van der Waals surface area (Å²) in [4.78, 5) is 0. The van der Waals surface area contributed by atoms with Crippen molar-refractivity contribution in [3.8, 4) is 0 Å². The second-order valence-electron chi connectivity index (χ2n) is 5.72. The van der Waals surface area contributed by atoms with E-state index in [0.29, 0.717) is 23.3 Å². The third-order valence-corrected chi connectivity index (χ3v) is 4.69. The van der Waals surface area contributed by atoms with E-state index in [2.05, 4.69) is 5.43 Å². The fourth-order valence-corrected chi connectivity index (χ4v) is 3.76. The first-order valence-electron chi connectivity index (χ1n) is 6.76. The van der Waals surface area contributed by atoms with Crippen LogP contribution in [0.25, 0.3) is 0 Å². The molecule has 3 N–H and O–H groups in total. The van der Waals surface area contributed by atoms with Crippen LogP contribution in [-0.2, 0) is 6.18 Å². The molecule has 0 bridgehead atoms. The van der Waals surface area contributed by atoms with Gasteiger partial charge in [-0.05, 0) is 48.3 Å². The highest BCUT2D eigenvalue weighted by Crippen LogP contribution is 2.62. The lowest BCUT2D eigenvalue weighted by Gasteiger charge is -2.19. The summed E-state index contributed by atoms with van der Waals surface area (Å²) in [5.74, 6) is 5.79. The molecule has 3 rings (SSSR count). The smallest absolute Gasteiger partial charge is 0.271 e. The van der Waals surface area contributed by atoms with E-state index < -0.39 is 17.6 Å². The zero-order valence-electron chi connectivity index (χ0n) is 10.8. The molecule has 0 radical (unpaired) electrons. The average molecular weight is 288 g/mol. The van der Waals surface area contributed by atoms with Crippen LogP contribution in [0.3, 0.4) is 0 Å². The Morgan fingerprint density at radius 1 is 1.20 bits per heavy atom. The van der Waals surface area contributed by atoms with Gasteiger partial charge in [-0.15, -0.1) is 0 Å². The first-order valence-corrected chi connectivity index (χ1v) is 6.76. The van der Waals surface area contributed by atoms with Gasteiger partial charge in [-0.2, -0.15) is 13.2 Å². The number of alkyl halides is 3. The molecule has 0 saturated heterocycles. The summed E-state index contributed by atoms with van der Waals surface area (Å²) in [5, 5.41) is 0. The molecule has 20 heavy (non-hydrogen) atoms. The number of rotatable bonds is 3. The van der Waals surface area contributed by atoms with E-state index in [-0.39, 0.29) is 6.04 Å². The van der Waals surface area contributed by atoms with Gasteiger partial charge in [-0.1, -0.05) is 12.5 Å². The molecule has 1 aromatic carbocycles. The number of hydrazine groups is 1. The maximum absolute atomic E-state index is 13.6. The number of nitrogens with one attached hydrogen (secondary N) is 1. The maximum atomic E-state index is 13.6. The molecule has 0 amide bonds. The SMILES string of the molecule is NNC(c1ccc(C(F)(F)F)c(F)c1)C1C2CCCC21. The Labute approximate surface area is 114 Å². The molecule has 2 aliphatic carbocycles. The van der Waals surface area contributed by atoms with E-state index in [4.69, 9.17) is 5.84 Å². The van der Waals surface area contributed by atoms with Crippen molar-refractivity contribution < 1.29 is 17.6 Å². The first kappa shape index (κ1) is 13.8. The van der Waals surface area contributed by atoms with Gasteiger partial charge in [0.15, 0.2) is 0 Å². The van der Waals surface area contributed by atoms with E-state index in [9.17, 15) is 17.6 Å². The molecule has 2 fully saturated rings. The van der Waals surface area contributed by atoms with Gasteiger partial charge in [0, 0.05) is 6.04 Å². The second kappa shape index (κ2) is 4.70. The summed E-state index contributed by atoms with van der Waals surface area (Å²) in [6.45, 7) is 0. The average Bonchev–Trinajstić information content (AvgIpc) is 2.83. The summed E-state index contributed by atoms with van der Waals surface area (Å²) >= 11 is 0. The van der Waals surface area contributed by atoms with Crippen molar-refractivity contribution in [2.45, 2.75) is 31.5 Å². The fourth-order valence-electron chi connectivity index (χ4n) is 3.76. The molecule has 2 nitrogen and oxygen atoms in total.